The second-order valence-electron chi connectivity index (χ2n) is 7.64. The summed E-state index contributed by atoms with van der Waals surface area (Å²) in [5.74, 6) is 0.180. The maximum atomic E-state index is 12.5. The lowest BCUT2D eigenvalue weighted by Crippen LogP contribution is -2.47. The quantitative estimate of drug-likeness (QED) is 0.641. The highest BCUT2D eigenvalue weighted by Gasteiger charge is 2.29. The molecule has 1 N–H and O–H groups in total. The molecule has 28 heavy (non-hydrogen) atoms. The molecule has 3 heterocycles. The van der Waals surface area contributed by atoms with E-state index in [9.17, 15) is 9.59 Å². The van der Waals surface area contributed by atoms with E-state index in [0.29, 0.717) is 25.9 Å². The van der Waals surface area contributed by atoms with E-state index >= 15 is 0 Å². The zero-order valence-electron chi connectivity index (χ0n) is 16.6. The van der Waals surface area contributed by atoms with E-state index in [-0.39, 0.29) is 17.7 Å². The van der Waals surface area contributed by atoms with Crippen molar-refractivity contribution in [3.63, 3.8) is 0 Å². The van der Waals surface area contributed by atoms with Gasteiger partial charge >= 0.3 is 0 Å². The summed E-state index contributed by atoms with van der Waals surface area (Å²) in [6, 6.07) is 3.98. The molecule has 3 rings (SSSR count). The molecule has 2 aliphatic heterocycles. The fourth-order valence-electron chi connectivity index (χ4n) is 3.85. The zero-order valence-corrected chi connectivity index (χ0v) is 16.6. The minimum atomic E-state index is -0.0838. The summed E-state index contributed by atoms with van der Waals surface area (Å²) in [5, 5.41) is 3.05. The van der Waals surface area contributed by atoms with Gasteiger partial charge in [-0.2, -0.15) is 0 Å². The number of rotatable bonds is 9. The van der Waals surface area contributed by atoms with Crippen molar-refractivity contribution in [1.82, 2.24) is 20.1 Å². The Kier molecular flexibility index (Phi) is 8.23. The average molecular weight is 389 g/mol. The van der Waals surface area contributed by atoms with E-state index in [2.05, 4.69) is 21.3 Å². The first-order valence-corrected chi connectivity index (χ1v) is 10.5. The molecule has 0 spiro atoms. The van der Waals surface area contributed by atoms with Gasteiger partial charge in [0.15, 0.2) is 0 Å². The Labute approximate surface area is 167 Å². The summed E-state index contributed by atoms with van der Waals surface area (Å²) in [6.45, 7) is 6.47. The second kappa shape index (κ2) is 11.1. The monoisotopic (exact) mass is 388 g/mol. The first kappa shape index (κ1) is 20.7. The van der Waals surface area contributed by atoms with E-state index in [1.165, 1.54) is 5.56 Å². The number of carbonyl (C=O) groups is 2. The van der Waals surface area contributed by atoms with Gasteiger partial charge in [0.05, 0.1) is 19.1 Å². The Morgan fingerprint density at radius 1 is 1.25 bits per heavy atom. The predicted octanol–water partition coefficient (Wildman–Crippen LogP) is 1.09. The van der Waals surface area contributed by atoms with Crippen molar-refractivity contribution in [3.8, 4) is 0 Å². The molecule has 1 aromatic rings. The smallest absolute Gasteiger partial charge is 0.224 e. The number of hydrogen-bond acceptors (Lipinski definition) is 5. The van der Waals surface area contributed by atoms with E-state index in [1.54, 1.807) is 6.20 Å². The number of ether oxygens (including phenoxy) is 1. The van der Waals surface area contributed by atoms with Crippen LogP contribution in [0.4, 0.5) is 0 Å². The van der Waals surface area contributed by atoms with Crippen LogP contribution in [0.15, 0.2) is 24.5 Å². The third-order valence-electron chi connectivity index (χ3n) is 5.54. The van der Waals surface area contributed by atoms with Crippen LogP contribution in [0, 0.1) is 5.92 Å². The van der Waals surface area contributed by atoms with Gasteiger partial charge in [-0.15, -0.1) is 0 Å². The molecule has 154 valence electrons. The molecule has 0 aliphatic carbocycles. The van der Waals surface area contributed by atoms with E-state index in [0.717, 1.165) is 58.7 Å². The van der Waals surface area contributed by atoms with Gasteiger partial charge in [0.2, 0.25) is 11.8 Å². The number of morpholine rings is 1. The molecule has 0 unspecified atom stereocenters. The Bertz CT molecular complexity index is 619. The van der Waals surface area contributed by atoms with Crippen LogP contribution in [0.2, 0.25) is 0 Å². The molecule has 7 heteroatoms. The predicted molar refractivity (Wildman–Crippen MR) is 107 cm³/mol. The van der Waals surface area contributed by atoms with Gasteiger partial charge in [-0.25, -0.2) is 0 Å². The number of pyridine rings is 1. The number of likely N-dealkylation sites (tertiary alicyclic amines) is 1. The molecule has 0 bridgehead atoms. The summed E-state index contributed by atoms with van der Waals surface area (Å²) in [4.78, 5) is 33.1. The molecule has 1 atom stereocenters. The summed E-state index contributed by atoms with van der Waals surface area (Å²) >= 11 is 0. The summed E-state index contributed by atoms with van der Waals surface area (Å²) in [6.07, 6.45) is 7.52. The number of hydrogen-bond donors (Lipinski definition) is 1. The van der Waals surface area contributed by atoms with Gasteiger partial charge in [0.25, 0.3) is 0 Å². The Morgan fingerprint density at radius 3 is 2.89 bits per heavy atom. The van der Waals surface area contributed by atoms with Crippen LogP contribution in [0.3, 0.4) is 0 Å². The van der Waals surface area contributed by atoms with Crippen LogP contribution >= 0.6 is 0 Å². The Balaban J connectivity index is 1.34. The standard InChI is InChI=1S/C21H32N4O3/c26-20-7-6-19(17-25(20)11-3-10-24-12-14-28-15-13-24)21(27)23-9-2-5-18-4-1-8-22-16-18/h1,4,8,16,19H,2-3,5-7,9-15,17H2,(H,23,27)/t19-/m1/s1. The highest BCUT2D eigenvalue weighted by molar-refractivity contribution is 5.83. The zero-order chi connectivity index (χ0) is 19.6. The molecule has 0 aromatic carbocycles. The van der Waals surface area contributed by atoms with Crippen molar-refractivity contribution < 1.29 is 14.3 Å². The van der Waals surface area contributed by atoms with Crippen molar-refractivity contribution in [2.45, 2.75) is 32.1 Å². The summed E-state index contributed by atoms with van der Waals surface area (Å²) < 4.78 is 5.37. The molecule has 7 nitrogen and oxygen atoms in total. The molecule has 0 saturated carbocycles. The van der Waals surface area contributed by atoms with Gasteiger partial charge in [-0.1, -0.05) is 6.07 Å². The average Bonchev–Trinajstić information content (AvgIpc) is 2.74. The lowest BCUT2D eigenvalue weighted by atomic mass is 9.96. The fraction of sp³-hybridized carbons (Fsp3) is 0.667. The Morgan fingerprint density at radius 2 is 2.11 bits per heavy atom. The Hall–Kier alpha value is -1.99. The number of aromatic nitrogens is 1. The fourth-order valence-corrected chi connectivity index (χ4v) is 3.85. The van der Waals surface area contributed by atoms with Crippen molar-refractivity contribution in [2.24, 2.45) is 5.92 Å². The number of carbonyl (C=O) groups excluding carboxylic acids is 2. The summed E-state index contributed by atoms with van der Waals surface area (Å²) in [7, 11) is 0. The molecular formula is C21H32N4O3. The third kappa shape index (κ3) is 6.56. The van der Waals surface area contributed by atoms with Crippen LogP contribution in [0.5, 0.6) is 0 Å². The van der Waals surface area contributed by atoms with Crippen molar-refractivity contribution >= 4 is 11.8 Å². The van der Waals surface area contributed by atoms with Crippen LogP contribution in [0.1, 0.15) is 31.2 Å². The van der Waals surface area contributed by atoms with Gasteiger partial charge in [0, 0.05) is 58.1 Å². The van der Waals surface area contributed by atoms with Gasteiger partial charge in [0.1, 0.15) is 0 Å². The second-order valence-corrected chi connectivity index (χ2v) is 7.64. The van der Waals surface area contributed by atoms with Crippen LogP contribution in [-0.2, 0) is 20.7 Å². The lowest BCUT2D eigenvalue weighted by Gasteiger charge is -2.33. The maximum Gasteiger partial charge on any atom is 0.224 e. The number of nitrogens with one attached hydrogen (secondary N) is 1. The van der Waals surface area contributed by atoms with Gasteiger partial charge < -0.3 is 15.0 Å². The van der Waals surface area contributed by atoms with Crippen molar-refractivity contribution in [2.75, 3.05) is 52.5 Å². The van der Waals surface area contributed by atoms with Gasteiger partial charge in [-0.3, -0.25) is 19.5 Å². The topological polar surface area (TPSA) is 74.8 Å². The SMILES string of the molecule is O=C(NCCCc1cccnc1)[C@@H]1CCC(=O)N(CCCN2CCOCC2)C1. The molecule has 2 fully saturated rings. The van der Waals surface area contributed by atoms with E-state index < -0.39 is 0 Å². The number of nitrogens with zero attached hydrogens (tertiary/aromatic N) is 3. The highest BCUT2D eigenvalue weighted by Crippen LogP contribution is 2.18. The van der Waals surface area contributed by atoms with Crippen molar-refractivity contribution in [1.29, 1.82) is 0 Å². The van der Waals surface area contributed by atoms with E-state index in [1.807, 2.05) is 17.2 Å². The summed E-state index contributed by atoms with van der Waals surface area (Å²) in [5.41, 5.74) is 1.19. The molecule has 2 saturated heterocycles. The largest absolute Gasteiger partial charge is 0.379 e. The van der Waals surface area contributed by atoms with Crippen LogP contribution in [0.25, 0.3) is 0 Å². The third-order valence-corrected chi connectivity index (χ3v) is 5.54. The van der Waals surface area contributed by atoms with Crippen LogP contribution < -0.4 is 5.32 Å². The number of piperidine rings is 1. The molecule has 2 aliphatic rings. The lowest BCUT2D eigenvalue weighted by molar-refractivity contribution is -0.138. The van der Waals surface area contributed by atoms with Gasteiger partial charge in [-0.05, 0) is 37.3 Å². The molecular weight excluding hydrogens is 356 g/mol. The normalized spacial score (nSPS) is 20.9. The molecule has 2 amide bonds. The van der Waals surface area contributed by atoms with Crippen molar-refractivity contribution in [3.05, 3.63) is 30.1 Å². The van der Waals surface area contributed by atoms with Crippen LogP contribution in [-0.4, -0.2) is 79.1 Å². The first-order valence-electron chi connectivity index (χ1n) is 10.5. The highest BCUT2D eigenvalue weighted by atomic mass is 16.5. The molecule has 1 aromatic heterocycles. The maximum absolute atomic E-state index is 12.5. The van der Waals surface area contributed by atoms with E-state index in [4.69, 9.17) is 4.74 Å². The first-order chi connectivity index (χ1) is 13.7. The number of amides is 2. The minimum Gasteiger partial charge on any atom is -0.379 e. The molecule has 0 radical (unpaired) electrons. The number of aryl methyl sites for hydroxylation is 1. The minimum absolute atomic E-state index is 0.0804.